The highest BCUT2D eigenvalue weighted by Gasteiger charge is 2.28. The number of hydrogen-bond donors (Lipinski definition) is 3. The number of carboxylic acids is 1. The molecule has 18 heavy (non-hydrogen) atoms. The second-order valence-corrected chi connectivity index (χ2v) is 6.40. The summed E-state index contributed by atoms with van der Waals surface area (Å²) in [4.78, 5) is 24.5. The van der Waals surface area contributed by atoms with Gasteiger partial charge in [-0.25, -0.2) is 9.59 Å². The molecule has 104 valence electrons. The minimum Gasteiger partial charge on any atom is -0.480 e. The molecule has 1 heterocycles. The Hall–Kier alpha value is -0.950. The summed E-state index contributed by atoms with van der Waals surface area (Å²) in [7, 11) is 0. The lowest BCUT2D eigenvalue weighted by molar-refractivity contribution is -0.139. The van der Waals surface area contributed by atoms with E-state index in [0.717, 1.165) is 0 Å². The molecule has 2 amide bonds. The molecule has 0 aromatic rings. The zero-order valence-electron chi connectivity index (χ0n) is 10.6. The number of aliphatic hydroxyl groups excluding tert-OH is 1. The van der Waals surface area contributed by atoms with Gasteiger partial charge in [0.05, 0.1) is 0 Å². The van der Waals surface area contributed by atoms with E-state index in [9.17, 15) is 9.59 Å². The fourth-order valence-corrected chi connectivity index (χ4v) is 3.30. The first kappa shape index (κ1) is 15.1. The summed E-state index contributed by atoms with van der Waals surface area (Å²) in [6.45, 7) is 5.06. The van der Waals surface area contributed by atoms with Crippen molar-refractivity contribution in [3.63, 3.8) is 0 Å². The zero-order valence-corrected chi connectivity index (χ0v) is 11.4. The minimum absolute atomic E-state index is 0.0226. The predicted octanol–water partition coefficient (Wildman–Crippen LogP) is 0.357. The van der Waals surface area contributed by atoms with E-state index in [1.807, 2.05) is 25.6 Å². The molecule has 2 unspecified atom stereocenters. The van der Waals surface area contributed by atoms with E-state index in [1.165, 1.54) is 0 Å². The third-order valence-corrected chi connectivity index (χ3v) is 3.95. The number of rotatable bonds is 4. The summed E-state index contributed by atoms with van der Waals surface area (Å²) >= 11 is 1.82. The Labute approximate surface area is 111 Å². The number of urea groups is 1. The fraction of sp³-hybridized carbons (Fsp3) is 0.818. The quantitative estimate of drug-likeness (QED) is 0.689. The van der Waals surface area contributed by atoms with Crippen LogP contribution in [0.15, 0.2) is 0 Å². The van der Waals surface area contributed by atoms with Gasteiger partial charge < -0.3 is 20.4 Å². The van der Waals surface area contributed by atoms with E-state index in [0.29, 0.717) is 23.6 Å². The molecule has 1 fully saturated rings. The smallest absolute Gasteiger partial charge is 0.326 e. The molecule has 1 aliphatic heterocycles. The van der Waals surface area contributed by atoms with Gasteiger partial charge in [0.2, 0.25) is 0 Å². The molecule has 0 aliphatic carbocycles. The van der Waals surface area contributed by atoms with Crippen molar-refractivity contribution in [1.29, 1.82) is 0 Å². The first-order chi connectivity index (χ1) is 8.43. The molecule has 0 radical (unpaired) electrons. The van der Waals surface area contributed by atoms with Gasteiger partial charge in [0.15, 0.2) is 0 Å². The molecule has 3 N–H and O–H groups in total. The van der Waals surface area contributed by atoms with Crippen molar-refractivity contribution in [2.45, 2.75) is 36.8 Å². The van der Waals surface area contributed by atoms with Crippen LogP contribution in [0.25, 0.3) is 0 Å². The van der Waals surface area contributed by atoms with Crippen molar-refractivity contribution in [3.8, 4) is 0 Å². The number of hydrogen-bond acceptors (Lipinski definition) is 4. The molecular formula is C11H20N2O4S. The average Bonchev–Trinajstić information content (AvgIpc) is 2.26. The topological polar surface area (TPSA) is 89.9 Å². The molecule has 3 atom stereocenters. The molecule has 0 saturated carbocycles. The molecule has 1 aliphatic rings. The molecule has 0 aromatic carbocycles. The van der Waals surface area contributed by atoms with Crippen LogP contribution in [0.3, 0.4) is 0 Å². The number of carbonyl (C=O) groups excluding carboxylic acids is 1. The van der Waals surface area contributed by atoms with Gasteiger partial charge in [-0.1, -0.05) is 13.8 Å². The number of aliphatic carboxylic acids is 1. The largest absolute Gasteiger partial charge is 0.480 e. The van der Waals surface area contributed by atoms with Crippen LogP contribution >= 0.6 is 11.8 Å². The van der Waals surface area contributed by atoms with E-state index >= 15 is 0 Å². The Bertz CT molecular complexity index is 303. The summed E-state index contributed by atoms with van der Waals surface area (Å²) in [5.41, 5.74) is 0. The van der Waals surface area contributed by atoms with Gasteiger partial charge in [-0.15, -0.1) is 0 Å². The minimum atomic E-state index is -1.12. The standard InChI is InChI=1S/C11H20N2O4S/c1-7-5-13(6-8(2)18-7)11(17)12-9(3-4-14)10(15)16/h7-9,14H,3-6H2,1-2H3,(H,12,17)(H,15,16)/t7?,8?,9-/m0/s1. The van der Waals surface area contributed by atoms with Crippen LogP contribution in [0.2, 0.25) is 0 Å². The van der Waals surface area contributed by atoms with Crippen LogP contribution in [0, 0.1) is 0 Å². The Morgan fingerprint density at radius 3 is 2.39 bits per heavy atom. The van der Waals surface area contributed by atoms with E-state index in [1.54, 1.807) is 4.90 Å². The maximum Gasteiger partial charge on any atom is 0.326 e. The first-order valence-corrected chi connectivity index (χ1v) is 6.93. The lowest BCUT2D eigenvalue weighted by Gasteiger charge is -2.35. The highest BCUT2D eigenvalue weighted by molar-refractivity contribution is 8.00. The van der Waals surface area contributed by atoms with Crippen LogP contribution in [-0.4, -0.2) is 63.4 Å². The van der Waals surface area contributed by atoms with Crippen LogP contribution in [0.4, 0.5) is 4.79 Å². The Morgan fingerprint density at radius 1 is 1.39 bits per heavy atom. The summed E-state index contributed by atoms with van der Waals surface area (Å²) in [6, 6.07) is -1.39. The highest BCUT2D eigenvalue weighted by Crippen LogP contribution is 2.24. The number of thioether (sulfide) groups is 1. The molecule has 1 saturated heterocycles. The summed E-state index contributed by atoms with van der Waals surface area (Å²) < 4.78 is 0. The molecule has 6 nitrogen and oxygen atoms in total. The SMILES string of the molecule is CC1CN(C(=O)N[C@@H](CCO)C(=O)O)CC(C)S1. The number of aliphatic hydroxyl groups is 1. The fourth-order valence-electron chi connectivity index (χ4n) is 1.97. The van der Waals surface area contributed by atoms with Gasteiger partial charge in [-0.2, -0.15) is 11.8 Å². The lowest BCUT2D eigenvalue weighted by Crippen LogP contribution is -2.52. The number of carboxylic acid groups (broad SMARTS) is 1. The van der Waals surface area contributed by atoms with E-state index in [4.69, 9.17) is 10.2 Å². The van der Waals surface area contributed by atoms with Gasteiger partial charge >= 0.3 is 12.0 Å². The van der Waals surface area contributed by atoms with E-state index in [2.05, 4.69) is 5.32 Å². The zero-order chi connectivity index (χ0) is 13.7. The number of nitrogens with one attached hydrogen (secondary N) is 1. The number of carbonyl (C=O) groups is 2. The van der Waals surface area contributed by atoms with E-state index in [-0.39, 0.29) is 19.1 Å². The summed E-state index contributed by atoms with van der Waals surface area (Å²) in [5, 5.41) is 20.8. The van der Waals surface area contributed by atoms with Crippen molar-refractivity contribution in [2.24, 2.45) is 0 Å². The predicted molar refractivity (Wildman–Crippen MR) is 69.7 cm³/mol. The van der Waals surface area contributed by atoms with Crippen LogP contribution in [0.5, 0.6) is 0 Å². The molecule has 0 spiro atoms. The van der Waals surface area contributed by atoms with Gasteiger partial charge in [0, 0.05) is 36.6 Å². The Kier molecular flexibility index (Phi) is 5.74. The van der Waals surface area contributed by atoms with Crippen LogP contribution in [0.1, 0.15) is 20.3 Å². The summed E-state index contributed by atoms with van der Waals surface area (Å²) in [5.74, 6) is -1.12. The second-order valence-electron chi connectivity index (χ2n) is 4.51. The van der Waals surface area contributed by atoms with Gasteiger partial charge in [0.1, 0.15) is 6.04 Å². The second kappa shape index (κ2) is 6.84. The van der Waals surface area contributed by atoms with Crippen molar-refractivity contribution in [1.82, 2.24) is 10.2 Å². The van der Waals surface area contributed by atoms with Gasteiger partial charge in [0.25, 0.3) is 0 Å². The molecule has 7 heteroatoms. The highest BCUT2D eigenvalue weighted by atomic mass is 32.2. The Morgan fingerprint density at radius 2 is 1.94 bits per heavy atom. The van der Waals surface area contributed by atoms with Gasteiger partial charge in [-0.05, 0) is 0 Å². The van der Waals surface area contributed by atoms with E-state index < -0.39 is 12.0 Å². The lowest BCUT2D eigenvalue weighted by atomic mass is 10.2. The van der Waals surface area contributed by atoms with Crippen molar-refractivity contribution in [2.75, 3.05) is 19.7 Å². The van der Waals surface area contributed by atoms with Crippen molar-refractivity contribution in [3.05, 3.63) is 0 Å². The van der Waals surface area contributed by atoms with Crippen LogP contribution < -0.4 is 5.32 Å². The van der Waals surface area contributed by atoms with Gasteiger partial charge in [-0.3, -0.25) is 0 Å². The number of amides is 2. The van der Waals surface area contributed by atoms with Crippen LogP contribution in [-0.2, 0) is 4.79 Å². The molecular weight excluding hydrogens is 256 g/mol. The van der Waals surface area contributed by atoms with Crippen molar-refractivity contribution >= 4 is 23.8 Å². The number of nitrogens with zero attached hydrogens (tertiary/aromatic N) is 1. The molecule has 0 bridgehead atoms. The molecule has 1 rings (SSSR count). The van der Waals surface area contributed by atoms with Crippen molar-refractivity contribution < 1.29 is 19.8 Å². The monoisotopic (exact) mass is 276 g/mol. The molecule has 0 aromatic heterocycles. The first-order valence-electron chi connectivity index (χ1n) is 5.98. The Balaban J connectivity index is 2.55. The third-order valence-electron chi connectivity index (χ3n) is 2.72. The average molecular weight is 276 g/mol. The summed E-state index contributed by atoms with van der Waals surface area (Å²) in [6.07, 6.45) is 0.0226. The maximum absolute atomic E-state index is 11.9. The normalized spacial score (nSPS) is 25.6. The maximum atomic E-state index is 11.9. The third kappa shape index (κ3) is 4.38.